The predicted octanol–water partition coefficient (Wildman–Crippen LogP) is 13.5. The lowest BCUT2D eigenvalue weighted by Crippen LogP contribution is -2.55. The van der Waals surface area contributed by atoms with E-state index in [9.17, 15) is 5.26 Å². The Hall–Kier alpha value is -6.96. The minimum atomic E-state index is 0.201. The molecular weight excluding hydrogens is 729 g/mol. The lowest BCUT2D eigenvalue weighted by molar-refractivity contribution is -0.0281. The summed E-state index contributed by atoms with van der Waals surface area (Å²) in [4.78, 5) is 15.0. The summed E-state index contributed by atoms with van der Waals surface area (Å²) in [6, 6.07) is 67.0. The molecular formula is C56H44N4. The molecule has 1 heterocycles. The molecule has 0 radical (unpaired) electrons. The molecule has 4 aliphatic rings. The van der Waals surface area contributed by atoms with Crippen LogP contribution >= 0.6 is 0 Å². The number of rotatable bonds is 8. The van der Waals surface area contributed by atoms with Gasteiger partial charge in [0.1, 0.15) is 0 Å². The summed E-state index contributed by atoms with van der Waals surface area (Å²) in [6.45, 7) is 0. The van der Waals surface area contributed by atoms with Gasteiger partial charge in [0.25, 0.3) is 0 Å². The van der Waals surface area contributed by atoms with Gasteiger partial charge in [0.15, 0.2) is 17.5 Å². The molecule has 0 saturated heterocycles. The van der Waals surface area contributed by atoms with Crippen molar-refractivity contribution in [1.82, 2.24) is 15.0 Å². The standard InChI is InChI=1S/C56H44N4/c57-36-38-16-18-41(19-17-38)42-20-25-48(26-21-42)55-32-39-30-40(33-55)35-56(34-39,37-55)49-27-22-44(23-28-49)50-29-24-47(31-51(50)43-10-4-1-5-11-43)54-59-52(45-12-6-2-7-13-45)58-53(60-54)46-14-8-3-9-15-46/h1-29,31,39-40H,30,32-35,37H2. The second-order valence-corrected chi connectivity index (χ2v) is 17.5. The van der Waals surface area contributed by atoms with Crippen LogP contribution < -0.4 is 0 Å². The van der Waals surface area contributed by atoms with Crippen LogP contribution in [0.3, 0.4) is 0 Å². The second kappa shape index (κ2) is 14.7. The maximum Gasteiger partial charge on any atom is 0.164 e. The monoisotopic (exact) mass is 772 g/mol. The Kier molecular flexibility index (Phi) is 8.85. The van der Waals surface area contributed by atoms with Crippen molar-refractivity contribution in [1.29, 1.82) is 5.26 Å². The van der Waals surface area contributed by atoms with E-state index in [1.165, 1.54) is 66.3 Å². The van der Waals surface area contributed by atoms with E-state index in [1.54, 1.807) is 0 Å². The maximum atomic E-state index is 9.27. The molecule has 4 bridgehead atoms. The Labute approximate surface area is 352 Å². The SMILES string of the molecule is N#Cc1ccc(-c2ccc(C34CC5CC(C3)CC(c3ccc(-c6ccc(-c7nc(-c8ccccc8)nc(-c8ccccc8)n7)cc6-c6ccccc6)cc3)(C5)C4)cc2)cc1. The molecule has 4 nitrogen and oxygen atoms in total. The molecule has 0 spiro atoms. The van der Waals surface area contributed by atoms with Crippen LogP contribution in [0.2, 0.25) is 0 Å². The number of nitriles is 1. The largest absolute Gasteiger partial charge is 0.208 e. The molecule has 4 heteroatoms. The van der Waals surface area contributed by atoms with E-state index >= 15 is 0 Å². The number of hydrogen-bond acceptors (Lipinski definition) is 4. The average molecular weight is 773 g/mol. The van der Waals surface area contributed by atoms with Gasteiger partial charge in [-0.3, -0.25) is 0 Å². The molecule has 288 valence electrons. The lowest BCUT2D eigenvalue weighted by Gasteiger charge is -2.63. The summed E-state index contributed by atoms with van der Waals surface area (Å²) in [5, 5.41) is 9.27. The van der Waals surface area contributed by atoms with Gasteiger partial charge in [-0.15, -0.1) is 0 Å². The molecule has 0 N–H and O–H groups in total. The zero-order valence-corrected chi connectivity index (χ0v) is 33.5. The van der Waals surface area contributed by atoms with Crippen molar-refractivity contribution in [2.24, 2.45) is 11.8 Å². The van der Waals surface area contributed by atoms with E-state index in [0.717, 1.165) is 45.2 Å². The number of hydrogen-bond donors (Lipinski definition) is 0. The first kappa shape index (κ1) is 36.1. The molecule has 12 rings (SSSR count). The van der Waals surface area contributed by atoms with Gasteiger partial charge in [-0.05, 0) is 124 Å². The first-order chi connectivity index (χ1) is 29.5. The molecule has 1 aromatic heterocycles. The number of nitrogens with zero attached hydrogens (tertiary/aromatic N) is 4. The van der Waals surface area contributed by atoms with Crippen LogP contribution in [0.15, 0.2) is 182 Å². The van der Waals surface area contributed by atoms with E-state index in [1.807, 2.05) is 48.5 Å². The molecule has 7 aromatic carbocycles. The summed E-state index contributed by atoms with van der Waals surface area (Å²) in [5.74, 6) is 3.50. The summed E-state index contributed by atoms with van der Waals surface area (Å²) in [5.41, 5.74) is 14.1. The van der Waals surface area contributed by atoms with Gasteiger partial charge in [-0.2, -0.15) is 5.26 Å². The minimum Gasteiger partial charge on any atom is -0.208 e. The quantitative estimate of drug-likeness (QED) is 0.154. The van der Waals surface area contributed by atoms with Gasteiger partial charge in [0.2, 0.25) is 0 Å². The van der Waals surface area contributed by atoms with Crippen molar-refractivity contribution < 1.29 is 0 Å². The fourth-order valence-electron chi connectivity index (χ4n) is 11.4. The molecule has 2 atom stereocenters. The molecule has 2 unspecified atom stereocenters. The highest BCUT2D eigenvalue weighted by atomic mass is 15.0. The van der Waals surface area contributed by atoms with Crippen molar-refractivity contribution in [2.75, 3.05) is 0 Å². The molecule has 8 aromatic rings. The highest BCUT2D eigenvalue weighted by Gasteiger charge is 2.58. The molecule has 4 fully saturated rings. The van der Waals surface area contributed by atoms with E-state index in [-0.39, 0.29) is 10.8 Å². The summed E-state index contributed by atoms with van der Waals surface area (Å²) >= 11 is 0. The Balaban J connectivity index is 0.935. The van der Waals surface area contributed by atoms with E-state index in [0.29, 0.717) is 23.0 Å². The third-order valence-electron chi connectivity index (χ3n) is 13.8. The van der Waals surface area contributed by atoms with E-state index in [2.05, 4.69) is 140 Å². The van der Waals surface area contributed by atoms with Crippen molar-refractivity contribution in [3.05, 3.63) is 199 Å². The van der Waals surface area contributed by atoms with E-state index in [4.69, 9.17) is 15.0 Å². The fourth-order valence-corrected chi connectivity index (χ4v) is 11.4. The van der Waals surface area contributed by atoms with Crippen LogP contribution in [0.5, 0.6) is 0 Å². The van der Waals surface area contributed by atoms with Gasteiger partial charge in [-0.1, -0.05) is 164 Å². The molecule has 0 amide bonds. The third kappa shape index (κ3) is 6.52. The van der Waals surface area contributed by atoms with Crippen LogP contribution in [0, 0.1) is 23.2 Å². The van der Waals surface area contributed by atoms with Crippen molar-refractivity contribution in [3.8, 4) is 73.6 Å². The molecule has 4 saturated carbocycles. The van der Waals surface area contributed by atoms with Crippen LogP contribution in [0.25, 0.3) is 67.5 Å². The van der Waals surface area contributed by atoms with Crippen molar-refractivity contribution in [2.45, 2.75) is 49.4 Å². The normalized spacial score (nSPS) is 21.4. The van der Waals surface area contributed by atoms with Gasteiger partial charge in [-0.25, -0.2) is 15.0 Å². The highest BCUT2D eigenvalue weighted by Crippen LogP contribution is 2.66. The van der Waals surface area contributed by atoms with Gasteiger partial charge < -0.3 is 0 Å². The molecule has 0 aliphatic heterocycles. The van der Waals surface area contributed by atoms with Crippen LogP contribution in [-0.4, -0.2) is 15.0 Å². The molecule has 4 aliphatic carbocycles. The van der Waals surface area contributed by atoms with Crippen LogP contribution in [0.1, 0.15) is 55.2 Å². The van der Waals surface area contributed by atoms with Gasteiger partial charge in [0.05, 0.1) is 11.6 Å². The van der Waals surface area contributed by atoms with Crippen molar-refractivity contribution in [3.63, 3.8) is 0 Å². The zero-order valence-electron chi connectivity index (χ0n) is 33.5. The Morgan fingerprint density at radius 3 is 1.28 bits per heavy atom. The Morgan fingerprint density at radius 2 is 0.800 bits per heavy atom. The third-order valence-corrected chi connectivity index (χ3v) is 13.8. The molecule has 60 heavy (non-hydrogen) atoms. The Morgan fingerprint density at radius 1 is 0.400 bits per heavy atom. The van der Waals surface area contributed by atoms with Crippen LogP contribution in [0.4, 0.5) is 0 Å². The van der Waals surface area contributed by atoms with E-state index < -0.39 is 0 Å². The predicted molar refractivity (Wildman–Crippen MR) is 242 cm³/mol. The maximum absolute atomic E-state index is 9.27. The van der Waals surface area contributed by atoms with Gasteiger partial charge >= 0.3 is 0 Å². The number of aromatic nitrogens is 3. The second-order valence-electron chi connectivity index (χ2n) is 17.5. The van der Waals surface area contributed by atoms with Crippen molar-refractivity contribution >= 4 is 0 Å². The Bertz CT molecular complexity index is 2790. The first-order valence-corrected chi connectivity index (χ1v) is 21.3. The minimum absolute atomic E-state index is 0.201. The number of benzene rings is 7. The highest BCUT2D eigenvalue weighted by molar-refractivity contribution is 5.87. The van der Waals surface area contributed by atoms with Crippen LogP contribution in [-0.2, 0) is 10.8 Å². The first-order valence-electron chi connectivity index (χ1n) is 21.3. The fraction of sp³-hybridized carbons (Fsp3) is 0.179. The summed E-state index contributed by atoms with van der Waals surface area (Å²) in [7, 11) is 0. The topological polar surface area (TPSA) is 62.5 Å². The lowest BCUT2D eigenvalue weighted by atomic mass is 9.41. The summed E-state index contributed by atoms with van der Waals surface area (Å²) < 4.78 is 0. The average Bonchev–Trinajstić information content (AvgIpc) is 3.32. The summed E-state index contributed by atoms with van der Waals surface area (Å²) in [6.07, 6.45) is 7.77. The van der Waals surface area contributed by atoms with Gasteiger partial charge in [0, 0.05) is 16.7 Å². The zero-order chi connectivity index (χ0) is 40.1. The smallest absolute Gasteiger partial charge is 0.164 e.